The number of aromatic nitrogens is 1. The smallest absolute Gasteiger partial charge is 0.417 e. The highest BCUT2D eigenvalue weighted by Crippen LogP contribution is 2.38. The van der Waals surface area contributed by atoms with Crippen molar-refractivity contribution in [1.29, 1.82) is 0 Å². The van der Waals surface area contributed by atoms with E-state index in [1.165, 1.54) is 23.1 Å². The number of pyridine rings is 1. The maximum atomic E-state index is 13.3. The van der Waals surface area contributed by atoms with E-state index in [0.717, 1.165) is 29.6 Å². The summed E-state index contributed by atoms with van der Waals surface area (Å²) in [6.45, 7) is 2.07. The standard InChI is InChI=1S/C23H19BrF3N3O4S/c1-12-15-7-8-30(14-3-6-20(31)19(10-14)29-35(2,33)34)22(32)17(15)5-4-16(12)21-18(24)9-13(11-28-21)23(25,26)27/h3-6,9-11,29,31H,7-8H2,1-2H3. The van der Waals surface area contributed by atoms with Gasteiger partial charge in [-0.05, 0) is 70.7 Å². The first-order chi connectivity index (χ1) is 16.3. The molecular weight excluding hydrogens is 551 g/mol. The van der Waals surface area contributed by atoms with Crippen LogP contribution in [0, 0.1) is 6.92 Å². The van der Waals surface area contributed by atoms with Crippen LogP contribution in [0.4, 0.5) is 24.5 Å². The van der Waals surface area contributed by atoms with E-state index in [0.29, 0.717) is 28.9 Å². The van der Waals surface area contributed by atoms with Gasteiger partial charge in [-0.15, -0.1) is 0 Å². The normalized spacial score (nSPS) is 14.1. The number of phenolic OH excluding ortho intramolecular Hbond substituents is 1. The highest BCUT2D eigenvalue weighted by molar-refractivity contribution is 9.10. The molecule has 0 radical (unpaired) electrons. The van der Waals surface area contributed by atoms with Crippen LogP contribution in [0.1, 0.15) is 27.0 Å². The summed E-state index contributed by atoms with van der Waals surface area (Å²) in [5.41, 5.74) is 2.34. The second-order valence-corrected chi connectivity index (χ2v) is 10.7. The molecule has 1 aromatic heterocycles. The number of sulfonamides is 1. The Kier molecular flexibility index (Phi) is 6.30. The molecule has 7 nitrogen and oxygen atoms in total. The van der Waals surface area contributed by atoms with Gasteiger partial charge in [0.1, 0.15) is 5.75 Å². The van der Waals surface area contributed by atoms with Crippen LogP contribution in [-0.4, -0.2) is 37.2 Å². The van der Waals surface area contributed by atoms with Gasteiger partial charge in [-0.2, -0.15) is 13.2 Å². The van der Waals surface area contributed by atoms with E-state index in [-0.39, 0.29) is 28.4 Å². The van der Waals surface area contributed by atoms with Crippen LogP contribution in [0.15, 0.2) is 47.1 Å². The Labute approximate surface area is 207 Å². The number of halogens is 4. The first-order valence-corrected chi connectivity index (χ1v) is 12.9. The topological polar surface area (TPSA) is 99.6 Å². The molecule has 3 aromatic rings. The molecule has 1 aliphatic rings. The van der Waals surface area contributed by atoms with Crippen molar-refractivity contribution in [1.82, 2.24) is 4.98 Å². The molecule has 2 heterocycles. The van der Waals surface area contributed by atoms with E-state index >= 15 is 0 Å². The summed E-state index contributed by atoms with van der Waals surface area (Å²) in [4.78, 5) is 18.8. The Morgan fingerprint density at radius 2 is 1.83 bits per heavy atom. The minimum absolute atomic E-state index is 0.0478. The summed E-state index contributed by atoms with van der Waals surface area (Å²) in [5, 5.41) is 9.98. The number of carbonyl (C=O) groups is 1. The molecule has 0 unspecified atom stereocenters. The van der Waals surface area contributed by atoms with Crippen LogP contribution in [0.3, 0.4) is 0 Å². The highest BCUT2D eigenvalue weighted by Gasteiger charge is 2.32. The van der Waals surface area contributed by atoms with Crippen molar-refractivity contribution >= 4 is 43.2 Å². The molecule has 0 spiro atoms. The number of hydrogen-bond donors (Lipinski definition) is 2. The molecule has 184 valence electrons. The fourth-order valence-corrected chi connectivity index (χ4v) is 5.14. The van der Waals surface area contributed by atoms with Crippen molar-refractivity contribution in [2.24, 2.45) is 0 Å². The van der Waals surface area contributed by atoms with Gasteiger partial charge in [0.2, 0.25) is 10.0 Å². The second-order valence-electron chi connectivity index (χ2n) is 8.10. The lowest BCUT2D eigenvalue weighted by Crippen LogP contribution is -2.38. The van der Waals surface area contributed by atoms with E-state index in [9.17, 15) is 31.5 Å². The molecule has 1 amide bonds. The van der Waals surface area contributed by atoms with Crippen molar-refractivity contribution in [2.75, 3.05) is 22.4 Å². The lowest BCUT2D eigenvalue weighted by atomic mass is 9.89. The Hall–Kier alpha value is -3.12. The number of anilines is 2. The number of benzene rings is 2. The molecule has 0 bridgehead atoms. The molecule has 0 saturated heterocycles. The van der Waals surface area contributed by atoms with E-state index in [4.69, 9.17) is 0 Å². The molecule has 12 heteroatoms. The summed E-state index contributed by atoms with van der Waals surface area (Å²) in [6.07, 6.45) is -2.33. The molecule has 35 heavy (non-hydrogen) atoms. The number of aromatic hydroxyl groups is 1. The third kappa shape index (κ3) is 4.98. The molecule has 0 atom stereocenters. The zero-order chi connectivity index (χ0) is 25.7. The van der Waals surface area contributed by atoms with E-state index in [2.05, 4.69) is 25.6 Å². The van der Waals surface area contributed by atoms with E-state index < -0.39 is 21.8 Å². The molecule has 2 aromatic carbocycles. The number of hydrogen-bond acceptors (Lipinski definition) is 5. The van der Waals surface area contributed by atoms with Crippen LogP contribution in [0.5, 0.6) is 5.75 Å². The lowest BCUT2D eigenvalue weighted by molar-refractivity contribution is -0.137. The summed E-state index contributed by atoms with van der Waals surface area (Å²) in [6, 6.07) is 8.41. The number of fused-ring (bicyclic) bond motifs is 1. The van der Waals surface area contributed by atoms with Gasteiger partial charge in [0.25, 0.3) is 5.91 Å². The van der Waals surface area contributed by atoms with E-state index in [1.807, 2.05) is 0 Å². The summed E-state index contributed by atoms with van der Waals surface area (Å²) >= 11 is 3.18. The van der Waals surface area contributed by atoms with Gasteiger partial charge in [0.15, 0.2) is 0 Å². The molecule has 1 aliphatic heterocycles. The number of amides is 1. The number of phenols is 1. The minimum atomic E-state index is -4.51. The van der Waals surface area contributed by atoms with Gasteiger partial charge in [0.05, 0.1) is 23.2 Å². The maximum Gasteiger partial charge on any atom is 0.417 e. The van der Waals surface area contributed by atoms with Crippen LogP contribution < -0.4 is 9.62 Å². The van der Waals surface area contributed by atoms with Gasteiger partial charge in [-0.1, -0.05) is 6.07 Å². The molecule has 0 saturated carbocycles. The summed E-state index contributed by atoms with van der Waals surface area (Å²) < 4.78 is 64.6. The number of rotatable bonds is 4. The first-order valence-electron chi connectivity index (χ1n) is 10.2. The van der Waals surface area contributed by atoms with Crippen molar-refractivity contribution in [3.8, 4) is 17.0 Å². The van der Waals surface area contributed by atoms with Crippen molar-refractivity contribution in [2.45, 2.75) is 19.5 Å². The zero-order valence-corrected chi connectivity index (χ0v) is 20.8. The predicted molar refractivity (Wildman–Crippen MR) is 129 cm³/mol. The number of nitrogens with zero attached hydrogens (tertiary/aromatic N) is 2. The summed E-state index contributed by atoms with van der Waals surface area (Å²) in [5.74, 6) is -0.601. The first kappa shape index (κ1) is 25.0. The van der Waals surface area contributed by atoms with Gasteiger partial charge >= 0.3 is 6.18 Å². The Bertz CT molecular complexity index is 1460. The number of carbonyl (C=O) groups excluding carboxylic acids is 1. The third-order valence-corrected chi connectivity index (χ3v) is 6.87. The predicted octanol–water partition coefficient (Wildman–Crippen LogP) is 5.12. The third-order valence-electron chi connectivity index (χ3n) is 5.67. The SMILES string of the molecule is Cc1c(-c2ncc(C(F)(F)F)cc2Br)ccc2c1CCN(c1ccc(O)c(NS(C)(=O)=O)c1)C2=O. The maximum absolute atomic E-state index is 13.3. The van der Waals surface area contributed by atoms with Crippen molar-refractivity contribution in [3.05, 3.63) is 69.3 Å². The Morgan fingerprint density at radius 3 is 2.46 bits per heavy atom. The van der Waals surface area contributed by atoms with Gasteiger partial charge in [0, 0.05) is 34.0 Å². The van der Waals surface area contributed by atoms with Crippen LogP contribution in [0.25, 0.3) is 11.3 Å². The van der Waals surface area contributed by atoms with E-state index in [1.54, 1.807) is 19.1 Å². The average Bonchev–Trinajstić information content (AvgIpc) is 2.75. The molecule has 4 rings (SSSR count). The average molecular weight is 570 g/mol. The monoisotopic (exact) mass is 569 g/mol. The summed E-state index contributed by atoms with van der Waals surface area (Å²) in [7, 11) is -3.65. The molecular formula is C23H19BrF3N3O4S. The quantitative estimate of drug-likeness (QED) is 0.425. The largest absolute Gasteiger partial charge is 0.506 e. The second kappa shape index (κ2) is 8.83. The van der Waals surface area contributed by atoms with Gasteiger partial charge in [-0.3, -0.25) is 14.5 Å². The number of alkyl halides is 3. The Morgan fingerprint density at radius 1 is 1.14 bits per heavy atom. The van der Waals surface area contributed by atoms with Gasteiger partial charge in [-0.25, -0.2) is 8.42 Å². The lowest BCUT2D eigenvalue weighted by Gasteiger charge is -2.30. The van der Waals surface area contributed by atoms with Crippen LogP contribution in [-0.2, 0) is 22.6 Å². The molecule has 2 N–H and O–H groups in total. The highest BCUT2D eigenvalue weighted by atomic mass is 79.9. The fraction of sp³-hybridized carbons (Fsp3) is 0.217. The molecule has 0 aliphatic carbocycles. The zero-order valence-electron chi connectivity index (χ0n) is 18.4. The van der Waals surface area contributed by atoms with Crippen LogP contribution in [0.2, 0.25) is 0 Å². The molecule has 0 fully saturated rings. The Balaban J connectivity index is 1.69. The van der Waals surface area contributed by atoms with Crippen LogP contribution >= 0.6 is 15.9 Å². The van der Waals surface area contributed by atoms with Gasteiger partial charge < -0.3 is 10.0 Å². The van der Waals surface area contributed by atoms with Crippen molar-refractivity contribution in [3.63, 3.8) is 0 Å². The fourth-order valence-electron chi connectivity index (χ4n) is 4.02. The number of nitrogens with one attached hydrogen (secondary N) is 1. The minimum Gasteiger partial charge on any atom is -0.506 e. The van der Waals surface area contributed by atoms with Crippen molar-refractivity contribution < 1.29 is 31.5 Å².